The fourth-order valence-corrected chi connectivity index (χ4v) is 2.36. The van der Waals surface area contributed by atoms with E-state index in [0.717, 1.165) is 28.1 Å². The van der Waals surface area contributed by atoms with Gasteiger partial charge in [0.05, 0.1) is 12.8 Å². The number of methoxy groups -OCH3 is 1. The van der Waals surface area contributed by atoms with Crippen molar-refractivity contribution in [3.8, 4) is 17.0 Å². The number of nitrogens with one attached hydrogen (secondary N) is 2. The third kappa shape index (κ3) is 3.92. The van der Waals surface area contributed by atoms with Gasteiger partial charge in [-0.05, 0) is 42.8 Å². The van der Waals surface area contributed by atoms with E-state index in [2.05, 4.69) is 20.5 Å². The molecule has 1 amide bonds. The molecule has 2 N–H and O–H groups in total. The van der Waals surface area contributed by atoms with E-state index in [0.29, 0.717) is 5.82 Å². The maximum absolute atomic E-state index is 12.1. The molecule has 25 heavy (non-hydrogen) atoms. The molecule has 0 unspecified atom stereocenters. The van der Waals surface area contributed by atoms with Crippen molar-refractivity contribution in [2.24, 2.45) is 0 Å². The van der Waals surface area contributed by atoms with Crippen LogP contribution in [0, 0.1) is 6.92 Å². The first-order valence-corrected chi connectivity index (χ1v) is 7.76. The monoisotopic (exact) mass is 334 g/mol. The number of pyridine rings is 1. The number of ether oxygens (including phenoxy) is 1. The van der Waals surface area contributed by atoms with Crippen LogP contribution in [-0.4, -0.2) is 28.2 Å². The number of rotatable bonds is 5. The topological polar surface area (TPSA) is 79.9 Å². The molecule has 3 aromatic rings. The normalized spacial score (nSPS) is 10.8. The Balaban J connectivity index is 1.69. The quantitative estimate of drug-likeness (QED) is 0.701. The molecule has 6 heteroatoms. The zero-order valence-corrected chi connectivity index (χ0v) is 14.0. The van der Waals surface area contributed by atoms with E-state index in [1.54, 1.807) is 25.6 Å². The summed E-state index contributed by atoms with van der Waals surface area (Å²) in [6, 6.07) is 11.2. The highest BCUT2D eigenvalue weighted by atomic mass is 16.5. The van der Waals surface area contributed by atoms with Gasteiger partial charge in [-0.25, -0.2) is 0 Å². The van der Waals surface area contributed by atoms with E-state index < -0.39 is 0 Å². The molecule has 0 saturated heterocycles. The van der Waals surface area contributed by atoms with Gasteiger partial charge in [-0.15, -0.1) is 0 Å². The van der Waals surface area contributed by atoms with E-state index in [1.165, 1.54) is 6.08 Å². The molecule has 1 aromatic carbocycles. The molecule has 0 radical (unpaired) electrons. The summed E-state index contributed by atoms with van der Waals surface area (Å²) < 4.78 is 5.11. The molecule has 2 heterocycles. The number of aromatic nitrogens is 3. The van der Waals surface area contributed by atoms with E-state index in [4.69, 9.17) is 4.74 Å². The predicted octanol–water partition coefficient (Wildman–Crippen LogP) is 3.44. The zero-order valence-electron chi connectivity index (χ0n) is 14.0. The van der Waals surface area contributed by atoms with Gasteiger partial charge in [0.15, 0.2) is 5.82 Å². The maximum atomic E-state index is 12.1. The zero-order chi connectivity index (χ0) is 17.6. The second-order valence-electron chi connectivity index (χ2n) is 5.40. The summed E-state index contributed by atoms with van der Waals surface area (Å²) in [7, 11) is 1.62. The highest BCUT2D eigenvalue weighted by Gasteiger charge is 2.11. The lowest BCUT2D eigenvalue weighted by Crippen LogP contribution is -2.09. The van der Waals surface area contributed by atoms with Crippen molar-refractivity contribution < 1.29 is 9.53 Å². The Morgan fingerprint density at radius 1 is 1.16 bits per heavy atom. The first-order valence-electron chi connectivity index (χ1n) is 7.76. The van der Waals surface area contributed by atoms with Gasteiger partial charge in [-0.2, -0.15) is 5.10 Å². The Kier molecular flexibility index (Phi) is 4.89. The molecular weight excluding hydrogens is 316 g/mol. The third-order valence-electron chi connectivity index (χ3n) is 3.76. The summed E-state index contributed by atoms with van der Waals surface area (Å²) in [5, 5.41) is 9.92. The molecule has 0 aliphatic rings. The lowest BCUT2D eigenvalue weighted by atomic mass is 10.1. The van der Waals surface area contributed by atoms with Crippen molar-refractivity contribution in [1.29, 1.82) is 0 Å². The molecule has 0 spiro atoms. The van der Waals surface area contributed by atoms with Crippen LogP contribution in [0.4, 0.5) is 5.82 Å². The van der Waals surface area contributed by atoms with E-state index in [9.17, 15) is 4.79 Å². The molecule has 126 valence electrons. The lowest BCUT2D eigenvalue weighted by Gasteiger charge is -2.01. The van der Waals surface area contributed by atoms with Gasteiger partial charge >= 0.3 is 0 Å². The van der Waals surface area contributed by atoms with Crippen molar-refractivity contribution in [3.63, 3.8) is 0 Å². The molecule has 6 nitrogen and oxygen atoms in total. The Bertz CT molecular complexity index is 884. The Morgan fingerprint density at radius 3 is 2.56 bits per heavy atom. The Labute approximate surface area is 145 Å². The van der Waals surface area contributed by atoms with Gasteiger partial charge in [-0.1, -0.05) is 12.1 Å². The van der Waals surface area contributed by atoms with Crippen molar-refractivity contribution in [2.75, 3.05) is 12.4 Å². The standard InChI is InChI=1S/C19H18N4O2/c1-13-18(15-9-11-20-12-10-15)22-23-19(13)21-17(24)8-5-14-3-6-16(25-2)7-4-14/h3-12H,1-2H3,(H2,21,22,23,24). The smallest absolute Gasteiger partial charge is 0.249 e. The number of aromatic amines is 1. The number of nitrogens with zero attached hydrogens (tertiary/aromatic N) is 2. The molecule has 0 saturated carbocycles. The highest BCUT2D eigenvalue weighted by molar-refractivity contribution is 6.02. The number of carbonyl (C=O) groups excluding carboxylic acids is 1. The summed E-state index contributed by atoms with van der Waals surface area (Å²) in [5.74, 6) is 1.04. The first kappa shape index (κ1) is 16.4. The number of hydrogen-bond donors (Lipinski definition) is 2. The fraction of sp³-hybridized carbons (Fsp3) is 0.105. The second-order valence-corrected chi connectivity index (χ2v) is 5.40. The molecular formula is C19H18N4O2. The van der Waals surface area contributed by atoms with Gasteiger partial charge in [0.1, 0.15) is 5.75 Å². The summed E-state index contributed by atoms with van der Waals surface area (Å²) in [5.41, 5.74) is 3.61. The van der Waals surface area contributed by atoms with Crippen LogP contribution in [0.1, 0.15) is 11.1 Å². The average Bonchev–Trinajstić information content (AvgIpc) is 3.01. The number of benzene rings is 1. The number of amides is 1. The molecule has 0 atom stereocenters. The molecule has 0 aliphatic carbocycles. The van der Waals surface area contributed by atoms with E-state index >= 15 is 0 Å². The lowest BCUT2D eigenvalue weighted by molar-refractivity contribution is -0.111. The number of anilines is 1. The summed E-state index contributed by atoms with van der Waals surface area (Å²) >= 11 is 0. The van der Waals surface area contributed by atoms with Crippen LogP contribution < -0.4 is 10.1 Å². The van der Waals surface area contributed by atoms with Crippen molar-refractivity contribution in [2.45, 2.75) is 6.92 Å². The SMILES string of the molecule is COc1ccc(C=CC(=O)Nc2n[nH]c(-c3ccncc3)c2C)cc1. The van der Waals surface area contributed by atoms with Gasteiger partial charge in [0.2, 0.25) is 5.91 Å². The molecule has 2 aromatic heterocycles. The van der Waals surface area contributed by atoms with Gasteiger partial charge in [0, 0.05) is 29.6 Å². The molecule has 3 rings (SSSR count). The number of H-pyrrole nitrogens is 1. The minimum Gasteiger partial charge on any atom is -0.497 e. The second kappa shape index (κ2) is 7.44. The Hall–Kier alpha value is -3.41. The fourth-order valence-electron chi connectivity index (χ4n) is 2.36. The van der Waals surface area contributed by atoms with Crippen LogP contribution in [0.25, 0.3) is 17.3 Å². The Morgan fingerprint density at radius 2 is 1.88 bits per heavy atom. The minimum absolute atomic E-state index is 0.244. The van der Waals surface area contributed by atoms with Gasteiger partial charge in [-0.3, -0.25) is 14.9 Å². The number of hydrogen-bond acceptors (Lipinski definition) is 4. The van der Waals surface area contributed by atoms with Crippen LogP contribution >= 0.6 is 0 Å². The minimum atomic E-state index is -0.244. The molecule has 0 bridgehead atoms. The van der Waals surface area contributed by atoms with Crippen molar-refractivity contribution in [1.82, 2.24) is 15.2 Å². The van der Waals surface area contributed by atoms with Crippen LogP contribution in [0.5, 0.6) is 5.75 Å². The van der Waals surface area contributed by atoms with E-state index in [1.807, 2.05) is 43.3 Å². The van der Waals surface area contributed by atoms with Crippen LogP contribution in [0.2, 0.25) is 0 Å². The maximum Gasteiger partial charge on any atom is 0.249 e. The third-order valence-corrected chi connectivity index (χ3v) is 3.76. The van der Waals surface area contributed by atoms with E-state index in [-0.39, 0.29) is 5.91 Å². The van der Waals surface area contributed by atoms with Crippen LogP contribution in [-0.2, 0) is 4.79 Å². The largest absolute Gasteiger partial charge is 0.497 e. The predicted molar refractivity (Wildman–Crippen MR) is 97.2 cm³/mol. The van der Waals surface area contributed by atoms with Gasteiger partial charge < -0.3 is 10.1 Å². The van der Waals surface area contributed by atoms with Crippen LogP contribution in [0.3, 0.4) is 0 Å². The average molecular weight is 334 g/mol. The number of carbonyl (C=O) groups is 1. The molecule has 0 aliphatic heterocycles. The molecule has 0 fully saturated rings. The summed E-state index contributed by atoms with van der Waals surface area (Å²) in [6.07, 6.45) is 6.64. The highest BCUT2D eigenvalue weighted by Crippen LogP contribution is 2.25. The van der Waals surface area contributed by atoms with Crippen LogP contribution in [0.15, 0.2) is 54.9 Å². The summed E-state index contributed by atoms with van der Waals surface area (Å²) in [4.78, 5) is 16.1. The summed E-state index contributed by atoms with van der Waals surface area (Å²) in [6.45, 7) is 1.90. The van der Waals surface area contributed by atoms with Crippen molar-refractivity contribution >= 4 is 17.8 Å². The first-order chi connectivity index (χ1) is 12.2. The van der Waals surface area contributed by atoms with Crippen molar-refractivity contribution in [3.05, 3.63) is 66.0 Å². The van der Waals surface area contributed by atoms with Gasteiger partial charge in [0.25, 0.3) is 0 Å².